The molecular formula is C17H21N5O2. The number of fused-ring (bicyclic) bond motifs is 1. The Morgan fingerprint density at radius 3 is 3.08 bits per heavy atom. The lowest BCUT2D eigenvalue weighted by atomic mass is 9.95. The zero-order valence-corrected chi connectivity index (χ0v) is 13.5. The molecule has 7 nitrogen and oxygen atoms in total. The Labute approximate surface area is 140 Å². The van der Waals surface area contributed by atoms with E-state index in [2.05, 4.69) is 15.2 Å². The average molecular weight is 327 g/mol. The maximum absolute atomic E-state index is 12.9. The number of nitrogens with one attached hydrogen (secondary N) is 1. The molecule has 1 unspecified atom stereocenters. The molecule has 1 aliphatic carbocycles. The first kappa shape index (κ1) is 15.1. The fourth-order valence-corrected chi connectivity index (χ4v) is 3.47. The highest BCUT2D eigenvalue weighted by atomic mass is 16.5. The number of aryl methyl sites for hydroxylation is 1. The van der Waals surface area contributed by atoms with Crippen LogP contribution in [0, 0.1) is 0 Å². The number of morpholine rings is 1. The summed E-state index contributed by atoms with van der Waals surface area (Å²) >= 11 is 0. The predicted molar refractivity (Wildman–Crippen MR) is 88.5 cm³/mol. The van der Waals surface area contributed by atoms with Crippen LogP contribution in [-0.4, -0.2) is 45.7 Å². The monoisotopic (exact) mass is 327 g/mol. The topological polar surface area (TPSA) is 97.1 Å². The number of amides is 1. The van der Waals surface area contributed by atoms with Gasteiger partial charge in [0.25, 0.3) is 5.91 Å². The lowest BCUT2D eigenvalue weighted by molar-refractivity contribution is -0.0248. The van der Waals surface area contributed by atoms with Crippen molar-refractivity contribution in [3.8, 4) is 0 Å². The first-order valence-electron chi connectivity index (χ1n) is 8.42. The number of rotatable bonds is 2. The quantitative estimate of drug-likeness (QED) is 0.871. The van der Waals surface area contributed by atoms with Crippen LogP contribution < -0.4 is 5.73 Å². The Morgan fingerprint density at radius 2 is 2.21 bits per heavy atom. The molecule has 2 aliphatic rings. The van der Waals surface area contributed by atoms with Crippen molar-refractivity contribution < 1.29 is 9.53 Å². The first-order chi connectivity index (χ1) is 11.7. The Hall–Kier alpha value is -2.41. The maximum Gasteiger partial charge on any atom is 0.274 e. The molecule has 0 spiro atoms. The summed E-state index contributed by atoms with van der Waals surface area (Å²) in [7, 11) is 0. The zero-order valence-electron chi connectivity index (χ0n) is 13.5. The summed E-state index contributed by atoms with van der Waals surface area (Å²) in [5.74, 6) is 0.438. The van der Waals surface area contributed by atoms with Crippen molar-refractivity contribution in [2.45, 2.75) is 31.8 Å². The SMILES string of the molecule is Nc1cccc(C2CN(C(=O)c3n[nH]c4c3CCCC4)CCO2)n1. The smallest absolute Gasteiger partial charge is 0.274 e. The van der Waals surface area contributed by atoms with Gasteiger partial charge < -0.3 is 15.4 Å². The molecule has 1 amide bonds. The molecule has 0 saturated carbocycles. The number of aromatic amines is 1. The minimum Gasteiger partial charge on any atom is -0.384 e. The van der Waals surface area contributed by atoms with E-state index in [4.69, 9.17) is 10.5 Å². The molecule has 1 saturated heterocycles. The number of carbonyl (C=O) groups is 1. The molecule has 126 valence electrons. The fourth-order valence-electron chi connectivity index (χ4n) is 3.47. The molecule has 3 N–H and O–H groups in total. The van der Waals surface area contributed by atoms with Gasteiger partial charge in [-0.1, -0.05) is 6.07 Å². The van der Waals surface area contributed by atoms with Crippen molar-refractivity contribution in [1.29, 1.82) is 0 Å². The third-order valence-corrected chi connectivity index (χ3v) is 4.73. The van der Waals surface area contributed by atoms with E-state index < -0.39 is 0 Å². The molecule has 0 aromatic carbocycles. The van der Waals surface area contributed by atoms with Crippen LogP contribution in [0.2, 0.25) is 0 Å². The van der Waals surface area contributed by atoms with Gasteiger partial charge in [0.1, 0.15) is 11.9 Å². The Kier molecular flexibility index (Phi) is 3.93. The molecule has 1 atom stereocenters. The van der Waals surface area contributed by atoms with Gasteiger partial charge in [0, 0.05) is 17.8 Å². The molecule has 3 heterocycles. The first-order valence-corrected chi connectivity index (χ1v) is 8.42. The van der Waals surface area contributed by atoms with E-state index in [9.17, 15) is 4.79 Å². The minimum atomic E-state index is -0.249. The number of hydrogen-bond donors (Lipinski definition) is 2. The number of nitrogens with zero attached hydrogens (tertiary/aromatic N) is 3. The average Bonchev–Trinajstić information content (AvgIpc) is 3.05. The van der Waals surface area contributed by atoms with Crippen molar-refractivity contribution in [2.75, 3.05) is 25.4 Å². The van der Waals surface area contributed by atoms with Crippen molar-refractivity contribution >= 4 is 11.7 Å². The van der Waals surface area contributed by atoms with Crippen LogP contribution >= 0.6 is 0 Å². The van der Waals surface area contributed by atoms with Crippen molar-refractivity contribution in [1.82, 2.24) is 20.1 Å². The number of nitrogen functional groups attached to an aromatic ring is 1. The number of carbonyl (C=O) groups excluding carboxylic acids is 1. The summed E-state index contributed by atoms with van der Waals surface area (Å²) in [4.78, 5) is 19.0. The molecule has 2 aromatic heterocycles. The van der Waals surface area contributed by atoms with E-state index in [0.29, 0.717) is 31.2 Å². The second kappa shape index (κ2) is 6.24. The van der Waals surface area contributed by atoms with E-state index in [-0.39, 0.29) is 12.0 Å². The van der Waals surface area contributed by atoms with Gasteiger partial charge in [-0.15, -0.1) is 0 Å². The van der Waals surface area contributed by atoms with Crippen molar-refractivity contribution in [3.05, 3.63) is 40.8 Å². The third kappa shape index (κ3) is 2.75. The number of aromatic nitrogens is 3. The van der Waals surface area contributed by atoms with Crippen LogP contribution in [0.25, 0.3) is 0 Å². The standard InChI is InChI=1S/C17H21N5O2/c18-15-7-3-6-13(19-15)14-10-22(8-9-24-14)17(23)16-11-4-1-2-5-12(11)20-21-16/h3,6-7,14H,1-2,4-5,8-10H2,(H2,18,19)(H,20,21). The summed E-state index contributed by atoms with van der Waals surface area (Å²) in [6, 6.07) is 5.47. The van der Waals surface area contributed by atoms with Crippen LogP contribution in [0.1, 0.15) is 46.4 Å². The second-order valence-electron chi connectivity index (χ2n) is 6.33. The fraction of sp³-hybridized carbons (Fsp3) is 0.471. The molecule has 24 heavy (non-hydrogen) atoms. The molecule has 0 radical (unpaired) electrons. The van der Waals surface area contributed by atoms with Gasteiger partial charge in [-0.2, -0.15) is 5.10 Å². The highest BCUT2D eigenvalue weighted by Crippen LogP contribution is 2.26. The molecule has 1 fully saturated rings. The van der Waals surface area contributed by atoms with E-state index in [1.54, 1.807) is 6.07 Å². The van der Waals surface area contributed by atoms with Gasteiger partial charge in [-0.05, 0) is 37.8 Å². The number of nitrogens with two attached hydrogens (primary N) is 1. The molecule has 0 bridgehead atoms. The van der Waals surface area contributed by atoms with Gasteiger partial charge in [-0.25, -0.2) is 4.98 Å². The van der Waals surface area contributed by atoms with Gasteiger partial charge in [0.2, 0.25) is 0 Å². The summed E-state index contributed by atoms with van der Waals surface area (Å²) < 4.78 is 5.79. The Morgan fingerprint density at radius 1 is 1.33 bits per heavy atom. The van der Waals surface area contributed by atoms with E-state index in [0.717, 1.165) is 42.6 Å². The minimum absolute atomic E-state index is 0.0217. The Bertz CT molecular complexity index is 757. The lowest BCUT2D eigenvalue weighted by Gasteiger charge is -2.32. The highest BCUT2D eigenvalue weighted by molar-refractivity contribution is 5.94. The molecule has 4 rings (SSSR count). The van der Waals surface area contributed by atoms with Crippen LogP contribution in [0.5, 0.6) is 0 Å². The van der Waals surface area contributed by atoms with Gasteiger partial charge in [0.15, 0.2) is 5.69 Å². The van der Waals surface area contributed by atoms with E-state index in [1.807, 2.05) is 17.0 Å². The lowest BCUT2D eigenvalue weighted by Crippen LogP contribution is -2.43. The Balaban J connectivity index is 1.54. The summed E-state index contributed by atoms with van der Waals surface area (Å²) in [6.45, 7) is 1.52. The zero-order chi connectivity index (χ0) is 16.5. The largest absolute Gasteiger partial charge is 0.384 e. The highest BCUT2D eigenvalue weighted by Gasteiger charge is 2.30. The second-order valence-corrected chi connectivity index (χ2v) is 6.33. The summed E-state index contributed by atoms with van der Waals surface area (Å²) in [6.07, 6.45) is 3.93. The molecule has 1 aliphatic heterocycles. The maximum atomic E-state index is 12.9. The summed E-state index contributed by atoms with van der Waals surface area (Å²) in [5, 5.41) is 7.33. The molecule has 7 heteroatoms. The van der Waals surface area contributed by atoms with Crippen molar-refractivity contribution in [3.63, 3.8) is 0 Å². The van der Waals surface area contributed by atoms with Gasteiger partial charge >= 0.3 is 0 Å². The third-order valence-electron chi connectivity index (χ3n) is 4.73. The molecular weight excluding hydrogens is 306 g/mol. The van der Waals surface area contributed by atoms with Gasteiger partial charge in [0.05, 0.1) is 18.8 Å². The van der Waals surface area contributed by atoms with Crippen LogP contribution in [-0.2, 0) is 17.6 Å². The summed E-state index contributed by atoms with van der Waals surface area (Å²) in [5.41, 5.74) is 9.30. The molecule has 2 aromatic rings. The normalized spacial score (nSPS) is 20.7. The van der Waals surface area contributed by atoms with Crippen LogP contribution in [0.15, 0.2) is 18.2 Å². The number of pyridine rings is 1. The van der Waals surface area contributed by atoms with Crippen LogP contribution in [0.3, 0.4) is 0 Å². The number of ether oxygens (including phenoxy) is 1. The number of anilines is 1. The van der Waals surface area contributed by atoms with Gasteiger partial charge in [-0.3, -0.25) is 9.89 Å². The predicted octanol–water partition coefficient (Wildman–Crippen LogP) is 1.48. The van der Waals surface area contributed by atoms with Crippen molar-refractivity contribution in [2.24, 2.45) is 0 Å². The number of H-pyrrole nitrogens is 1. The van der Waals surface area contributed by atoms with E-state index in [1.165, 1.54) is 0 Å². The number of hydrogen-bond acceptors (Lipinski definition) is 5. The van der Waals surface area contributed by atoms with E-state index >= 15 is 0 Å². The van der Waals surface area contributed by atoms with Crippen LogP contribution in [0.4, 0.5) is 5.82 Å².